The fourth-order valence-corrected chi connectivity index (χ4v) is 2.48. The summed E-state index contributed by atoms with van der Waals surface area (Å²) in [5, 5.41) is 16.9. The number of hydrogen-bond acceptors (Lipinski definition) is 2. The van der Waals surface area contributed by atoms with Gasteiger partial charge in [0.2, 0.25) is 0 Å². The average Bonchev–Trinajstić information content (AvgIpc) is 2.40. The molecule has 0 aromatic carbocycles. The Labute approximate surface area is 118 Å². The fraction of sp³-hybridized carbons (Fsp3) is 0.933. The van der Waals surface area contributed by atoms with Crippen LogP contribution in [0.25, 0.3) is 0 Å². The molecule has 1 rings (SSSR count). The van der Waals surface area contributed by atoms with Gasteiger partial charge in [0, 0.05) is 18.0 Å². The van der Waals surface area contributed by atoms with Gasteiger partial charge >= 0.3 is 0 Å². The van der Waals surface area contributed by atoms with Gasteiger partial charge in [0.25, 0.3) is 0 Å². The lowest BCUT2D eigenvalue weighted by Crippen LogP contribution is -2.44. The van der Waals surface area contributed by atoms with Crippen molar-refractivity contribution in [1.82, 2.24) is 10.6 Å². The van der Waals surface area contributed by atoms with Crippen molar-refractivity contribution in [3.63, 3.8) is 0 Å². The summed E-state index contributed by atoms with van der Waals surface area (Å²) in [6.07, 6.45) is 5.20. The maximum Gasteiger partial charge on any atom is 0.191 e. The molecule has 112 valence electrons. The van der Waals surface area contributed by atoms with Gasteiger partial charge in [0.1, 0.15) is 0 Å². The summed E-state index contributed by atoms with van der Waals surface area (Å²) in [7, 11) is 0. The van der Waals surface area contributed by atoms with Crippen molar-refractivity contribution >= 4 is 5.96 Å². The summed E-state index contributed by atoms with van der Waals surface area (Å²) in [4.78, 5) is 4.68. The molecule has 0 heterocycles. The van der Waals surface area contributed by atoms with E-state index in [1.165, 1.54) is 6.42 Å². The van der Waals surface area contributed by atoms with Crippen molar-refractivity contribution in [3.8, 4) is 0 Å². The van der Waals surface area contributed by atoms with Crippen molar-refractivity contribution in [2.24, 2.45) is 10.4 Å². The van der Waals surface area contributed by atoms with Crippen LogP contribution in [0.1, 0.15) is 59.8 Å². The Kier molecular flexibility index (Phi) is 6.63. The van der Waals surface area contributed by atoms with Gasteiger partial charge in [-0.05, 0) is 33.1 Å². The maximum atomic E-state index is 10.2. The molecule has 19 heavy (non-hydrogen) atoms. The first-order chi connectivity index (χ1) is 9.01. The van der Waals surface area contributed by atoms with Crippen LogP contribution in [0.2, 0.25) is 0 Å². The zero-order chi connectivity index (χ0) is 14.3. The largest absolute Gasteiger partial charge is 0.392 e. The molecule has 1 saturated carbocycles. The first-order valence-electron chi connectivity index (χ1n) is 7.74. The third kappa shape index (κ3) is 5.01. The molecular weight excluding hydrogens is 238 g/mol. The summed E-state index contributed by atoms with van der Waals surface area (Å²) in [5.74, 6) is 0.871. The second-order valence-corrected chi connectivity index (χ2v) is 6.06. The molecule has 3 N–H and O–H groups in total. The van der Waals surface area contributed by atoms with Crippen LogP contribution in [0.15, 0.2) is 4.99 Å². The second kappa shape index (κ2) is 7.73. The van der Waals surface area contributed by atoms with E-state index in [4.69, 9.17) is 0 Å². The highest BCUT2D eigenvalue weighted by molar-refractivity contribution is 5.80. The van der Waals surface area contributed by atoms with Crippen LogP contribution in [0, 0.1) is 5.41 Å². The minimum Gasteiger partial charge on any atom is -0.392 e. The standard InChI is InChI=1S/C15H31N3O/c1-5-12(3)18-14(16-6-2)17-11-15(4)10-8-7-9-13(15)19/h12-13,19H,5-11H2,1-4H3,(H2,16,17,18). The van der Waals surface area contributed by atoms with Crippen LogP contribution >= 0.6 is 0 Å². The summed E-state index contributed by atoms with van der Waals surface area (Å²) in [6, 6.07) is 0.418. The van der Waals surface area contributed by atoms with Crippen LogP contribution in [0.4, 0.5) is 0 Å². The number of hydrogen-bond donors (Lipinski definition) is 3. The minimum absolute atomic E-state index is 0.0595. The van der Waals surface area contributed by atoms with Crippen molar-refractivity contribution in [2.75, 3.05) is 13.1 Å². The van der Waals surface area contributed by atoms with E-state index in [0.717, 1.165) is 38.2 Å². The predicted octanol–water partition coefficient (Wildman–Crippen LogP) is 2.28. The smallest absolute Gasteiger partial charge is 0.191 e. The molecule has 1 fully saturated rings. The van der Waals surface area contributed by atoms with Gasteiger partial charge in [-0.2, -0.15) is 0 Å². The first kappa shape index (κ1) is 16.3. The molecule has 1 aliphatic rings. The number of aliphatic imine (C=N–C) groups is 1. The Bertz CT molecular complexity index is 293. The quantitative estimate of drug-likeness (QED) is 0.530. The summed E-state index contributed by atoms with van der Waals surface area (Å²) < 4.78 is 0. The van der Waals surface area contributed by atoms with E-state index in [0.29, 0.717) is 12.6 Å². The highest BCUT2D eigenvalue weighted by atomic mass is 16.3. The average molecular weight is 269 g/mol. The first-order valence-corrected chi connectivity index (χ1v) is 7.74. The number of aliphatic hydroxyl groups excluding tert-OH is 1. The summed E-state index contributed by atoms with van der Waals surface area (Å²) >= 11 is 0. The van der Waals surface area contributed by atoms with Crippen molar-refractivity contribution in [2.45, 2.75) is 71.9 Å². The maximum absolute atomic E-state index is 10.2. The molecule has 0 spiro atoms. The Morgan fingerprint density at radius 3 is 2.74 bits per heavy atom. The zero-order valence-corrected chi connectivity index (χ0v) is 13.0. The Morgan fingerprint density at radius 2 is 2.16 bits per heavy atom. The molecule has 3 atom stereocenters. The van der Waals surface area contributed by atoms with Gasteiger partial charge in [-0.1, -0.05) is 26.7 Å². The van der Waals surface area contributed by atoms with Crippen LogP contribution in [0.5, 0.6) is 0 Å². The highest BCUT2D eigenvalue weighted by Gasteiger charge is 2.35. The van der Waals surface area contributed by atoms with Crippen LogP contribution in [-0.4, -0.2) is 36.3 Å². The summed E-state index contributed by atoms with van der Waals surface area (Å²) in [5.41, 5.74) is -0.0595. The Balaban J connectivity index is 2.62. The third-order valence-corrected chi connectivity index (χ3v) is 4.22. The lowest BCUT2D eigenvalue weighted by atomic mass is 9.73. The van der Waals surface area contributed by atoms with Gasteiger partial charge in [0.05, 0.1) is 12.6 Å². The number of guanidine groups is 1. The van der Waals surface area contributed by atoms with E-state index < -0.39 is 0 Å². The summed E-state index contributed by atoms with van der Waals surface area (Å²) in [6.45, 7) is 10.1. The van der Waals surface area contributed by atoms with E-state index in [1.807, 2.05) is 0 Å². The van der Waals surface area contributed by atoms with Gasteiger partial charge in [0.15, 0.2) is 5.96 Å². The number of rotatable bonds is 5. The van der Waals surface area contributed by atoms with E-state index in [1.54, 1.807) is 0 Å². The Hall–Kier alpha value is -0.770. The number of nitrogens with one attached hydrogen (secondary N) is 2. The molecule has 0 aromatic rings. The highest BCUT2D eigenvalue weighted by Crippen LogP contribution is 2.36. The van der Waals surface area contributed by atoms with Gasteiger partial charge in [-0.25, -0.2) is 0 Å². The number of aliphatic hydroxyl groups is 1. The van der Waals surface area contributed by atoms with E-state index in [-0.39, 0.29) is 11.5 Å². The molecule has 0 radical (unpaired) electrons. The van der Waals surface area contributed by atoms with Gasteiger partial charge in [-0.3, -0.25) is 4.99 Å². The lowest BCUT2D eigenvalue weighted by Gasteiger charge is -2.37. The van der Waals surface area contributed by atoms with Crippen LogP contribution in [-0.2, 0) is 0 Å². The Morgan fingerprint density at radius 1 is 1.42 bits per heavy atom. The second-order valence-electron chi connectivity index (χ2n) is 6.06. The van der Waals surface area contributed by atoms with E-state index in [9.17, 15) is 5.11 Å². The molecule has 0 saturated heterocycles. The third-order valence-electron chi connectivity index (χ3n) is 4.22. The monoisotopic (exact) mass is 269 g/mol. The van der Waals surface area contributed by atoms with Gasteiger partial charge in [-0.15, -0.1) is 0 Å². The van der Waals surface area contributed by atoms with Crippen LogP contribution in [0.3, 0.4) is 0 Å². The predicted molar refractivity (Wildman–Crippen MR) is 81.4 cm³/mol. The minimum atomic E-state index is -0.212. The fourth-order valence-electron chi connectivity index (χ4n) is 2.48. The molecule has 3 unspecified atom stereocenters. The lowest BCUT2D eigenvalue weighted by molar-refractivity contribution is 0.00716. The molecule has 0 aliphatic heterocycles. The number of nitrogens with zero attached hydrogens (tertiary/aromatic N) is 1. The van der Waals surface area contributed by atoms with E-state index >= 15 is 0 Å². The molecule has 4 nitrogen and oxygen atoms in total. The van der Waals surface area contributed by atoms with E-state index in [2.05, 4.69) is 43.3 Å². The molecule has 1 aliphatic carbocycles. The molecule has 0 bridgehead atoms. The SMILES string of the molecule is CCNC(=NCC1(C)CCCCC1O)NC(C)CC. The van der Waals surface area contributed by atoms with Crippen molar-refractivity contribution in [1.29, 1.82) is 0 Å². The molecule has 4 heteroatoms. The molecule has 0 aromatic heterocycles. The normalized spacial score (nSPS) is 29.9. The topological polar surface area (TPSA) is 56.7 Å². The molecule has 0 amide bonds. The van der Waals surface area contributed by atoms with Crippen molar-refractivity contribution < 1.29 is 5.11 Å². The van der Waals surface area contributed by atoms with Gasteiger partial charge < -0.3 is 15.7 Å². The molecular formula is C15H31N3O. The zero-order valence-electron chi connectivity index (χ0n) is 13.0. The van der Waals surface area contributed by atoms with Crippen LogP contribution < -0.4 is 10.6 Å². The van der Waals surface area contributed by atoms with Crippen molar-refractivity contribution in [3.05, 3.63) is 0 Å².